The Kier molecular flexibility index (Phi) is 3.16. The van der Waals surface area contributed by atoms with E-state index in [1.807, 2.05) is 6.26 Å². The number of primary amides is 1. The van der Waals surface area contributed by atoms with Crippen LogP contribution in [0.3, 0.4) is 0 Å². The van der Waals surface area contributed by atoms with E-state index in [4.69, 9.17) is 10.2 Å². The molecule has 1 heterocycles. The summed E-state index contributed by atoms with van der Waals surface area (Å²) in [6.45, 7) is 0. The summed E-state index contributed by atoms with van der Waals surface area (Å²) in [5, 5.41) is 0.620. The van der Waals surface area contributed by atoms with Crippen molar-refractivity contribution in [1.29, 1.82) is 0 Å². The molecule has 0 radical (unpaired) electrons. The van der Waals surface area contributed by atoms with Crippen LogP contribution in [0.15, 0.2) is 15.8 Å². The maximum absolute atomic E-state index is 10.4. The van der Waals surface area contributed by atoms with Crippen molar-refractivity contribution in [2.75, 3.05) is 6.26 Å². The first-order valence-electron chi connectivity index (χ1n) is 3.49. The van der Waals surface area contributed by atoms with Crippen LogP contribution in [0.2, 0.25) is 0 Å². The highest BCUT2D eigenvalue weighted by molar-refractivity contribution is 7.98. The van der Waals surface area contributed by atoms with Gasteiger partial charge in [0.15, 0.2) is 0 Å². The number of aryl methyl sites for hydroxylation is 1. The summed E-state index contributed by atoms with van der Waals surface area (Å²) in [7, 11) is 0. The molecule has 0 aliphatic rings. The summed E-state index contributed by atoms with van der Waals surface area (Å²) in [6.07, 6.45) is 4.34. The number of carbonyl (C=O) groups excluding carboxylic acids is 1. The lowest BCUT2D eigenvalue weighted by Crippen LogP contribution is -2.10. The smallest absolute Gasteiger partial charge is 0.255 e. The second-order valence-electron chi connectivity index (χ2n) is 2.26. The molecule has 1 aromatic heterocycles. The molecule has 0 bridgehead atoms. The number of thioether (sulfide) groups is 1. The van der Waals surface area contributed by atoms with Crippen molar-refractivity contribution >= 4 is 17.7 Å². The Morgan fingerprint density at radius 1 is 1.83 bits per heavy atom. The van der Waals surface area contributed by atoms with Crippen LogP contribution in [0.5, 0.6) is 0 Å². The van der Waals surface area contributed by atoms with E-state index in [9.17, 15) is 4.79 Å². The van der Waals surface area contributed by atoms with E-state index >= 15 is 0 Å². The molecule has 0 saturated carbocycles. The normalized spacial score (nSPS) is 10.1. The molecule has 1 aromatic rings. The zero-order chi connectivity index (χ0) is 8.97. The molecule has 12 heavy (non-hydrogen) atoms. The molecule has 0 aliphatic heterocycles. The standard InChI is InChI=1S/C7H10N2O2S/c1-12-7-9-4-5(11-7)2-3-6(8)10/h4H,2-3H2,1H3,(H2,8,10). The molecule has 5 heteroatoms. The Hall–Kier alpha value is -0.970. The first-order chi connectivity index (χ1) is 5.72. The van der Waals surface area contributed by atoms with E-state index in [2.05, 4.69) is 4.98 Å². The fourth-order valence-corrected chi connectivity index (χ4v) is 1.09. The average molecular weight is 186 g/mol. The molecule has 0 spiro atoms. The molecule has 1 rings (SSSR count). The Morgan fingerprint density at radius 2 is 2.58 bits per heavy atom. The van der Waals surface area contributed by atoms with Gasteiger partial charge in [-0.1, -0.05) is 11.8 Å². The SMILES string of the molecule is CSc1ncc(CCC(N)=O)o1. The maximum Gasteiger partial charge on any atom is 0.255 e. The lowest BCUT2D eigenvalue weighted by Gasteiger charge is -1.90. The van der Waals surface area contributed by atoms with Crippen molar-refractivity contribution in [2.24, 2.45) is 5.73 Å². The number of nitrogens with zero attached hydrogens (tertiary/aromatic N) is 1. The Labute approximate surface area is 74.5 Å². The zero-order valence-corrected chi connectivity index (χ0v) is 7.56. The van der Waals surface area contributed by atoms with Crippen molar-refractivity contribution in [3.63, 3.8) is 0 Å². The third kappa shape index (κ3) is 2.58. The summed E-state index contributed by atoms with van der Waals surface area (Å²) in [5.74, 6) is 0.384. The molecule has 0 aliphatic carbocycles. The van der Waals surface area contributed by atoms with Crippen LogP contribution in [0, 0.1) is 0 Å². The zero-order valence-electron chi connectivity index (χ0n) is 6.74. The summed E-state index contributed by atoms with van der Waals surface area (Å²) in [4.78, 5) is 14.4. The van der Waals surface area contributed by atoms with E-state index < -0.39 is 0 Å². The first kappa shape index (κ1) is 9.12. The van der Waals surface area contributed by atoms with Crippen LogP contribution in [-0.4, -0.2) is 17.1 Å². The Bertz CT molecular complexity index is 272. The molecular weight excluding hydrogens is 176 g/mol. The predicted octanol–water partition coefficient (Wildman–Crippen LogP) is 0.814. The molecule has 0 atom stereocenters. The van der Waals surface area contributed by atoms with Gasteiger partial charge < -0.3 is 10.2 Å². The molecule has 0 aromatic carbocycles. The van der Waals surface area contributed by atoms with Gasteiger partial charge in [0.2, 0.25) is 5.91 Å². The van der Waals surface area contributed by atoms with Gasteiger partial charge >= 0.3 is 0 Å². The number of oxazole rings is 1. The number of hydrogen-bond donors (Lipinski definition) is 1. The van der Waals surface area contributed by atoms with E-state index in [1.165, 1.54) is 11.8 Å². The fraction of sp³-hybridized carbons (Fsp3) is 0.429. The highest BCUT2D eigenvalue weighted by atomic mass is 32.2. The summed E-state index contributed by atoms with van der Waals surface area (Å²) < 4.78 is 5.23. The quantitative estimate of drug-likeness (QED) is 0.706. The predicted molar refractivity (Wildman–Crippen MR) is 45.8 cm³/mol. The summed E-state index contributed by atoms with van der Waals surface area (Å²) >= 11 is 1.43. The summed E-state index contributed by atoms with van der Waals surface area (Å²) in [5.41, 5.74) is 4.97. The number of carbonyl (C=O) groups is 1. The minimum Gasteiger partial charge on any atom is -0.437 e. The fourth-order valence-electron chi connectivity index (χ4n) is 0.746. The van der Waals surface area contributed by atoms with Crippen LogP contribution in [0.1, 0.15) is 12.2 Å². The Balaban J connectivity index is 2.47. The largest absolute Gasteiger partial charge is 0.437 e. The average Bonchev–Trinajstić information content (AvgIpc) is 2.48. The molecule has 4 nitrogen and oxygen atoms in total. The van der Waals surface area contributed by atoms with Gasteiger partial charge in [0.1, 0.15) is 5.76 Å². The molecular formula is C7H10N2O2S. The third-order valence-corrected chi connectivity index (χ3v) is 1.86. The van der Waals surface area contributed by atoms with E-state index in [1.54, 1.807) is 6.20 Å². The number of rotatable bonds is 4. The van der Waals surface area contributed by atoms with Gasteiger partial charge in [-0.3, -0.25) is 4.79 Å². The van der Waals surface area contributed by atoms with Gasteiger partial charge in [0.05, 0.1) is 6.20 Å². The minimum atomic E-state index is -0.322. The van der Waals surface area contributed by atoms with E-state index in [0.29, 0.717) is 23.8 Å². The number of hydrogen-bond acceptors (Lipinski definition) is 4. The molecule has 2 N–H and O–H groups in total. The van der Waals surface area contributed by atoms with Gasteiger partial charge in [0, 0.05) is 12.8 Å². The van der Waals surface area contributed by atoms with Crippen molar-refractivity contribution in [3.05, 3.63) is 12.0 Å². The van der Waals surface area contributed by atoms with Crippen LogP contribution < -0.4 is 5.73 Å². The molecule has 1 amide bonds. The first-order valence-corrected chi connectivity index (χ1v) is 4.72. The highest BCUT2D eigenvalue weighted by Gasteiger charge is 2.03. The second kappa shape index (κ2) is 4.15. The second-order valence-corrected chi connectivity index (χ2v) is 3.02. The van der Waals surface area contributed by atoms with Gasteiger partial charge in [-0.2, -0.15) is 0 Å². The van der Waals surface area contributed by atoms with E-state index in [-0.39, 0.29) is 5.91 Å². The number of nitrogens with two attached hydrogens (primary N) is 1. The lowest BCUT2D eigenvalue weighted by atomic mass is 10.2. The topological polar surface area (TPSA) is 69.1 Å². The molecule has 0 fully saturated rings. The van der Waals surface area contributed by atoms with E-state index in [0.717, 1.165) is 0 Å². The van der Waals surface area contributed by atoms with Crippen LogP contribution >= 0.6 is 11.8 Å². The number of aromatic nitrogens is 1. The van der Waals surface area contributed by atoms with Crippen molar-refractivity contribution in [3.8, 4) is 0 Å². The van der Waals surface area contributed by atoms with Gasteiger partial charge in [-0.15, -0.1) is 0 Å². The maximum atomic E-state index is 10.4. The molecule has 0 unspecified atom stereocenters. The number of amides is 1. The van der Waals surface area contributed by atoms with Gasteiger partial charge in [-0.05, 0) is 6.26 Å². The minimum absolute atomic E-state index is 0.309. The lowest BCUT2D eigenvalue weighted by molar-refractivity contribution is -0.118. The Morgan fingerprint density at radius 3 is 3.08 bits per heavy atom. The molecule has 66 valence electrons. The van der Waals surface area contributed by atoms with Crippen molar-refractivity contribution in [2.45, 2.75) is 18.1 Å². The van der Waals surface area contributed by atoms with Crippen LogP contribution in [-0.2, 0) is 11.2 Å². The summed E-state index contributed by atoms with van der Waals surface area (Å²) in [6, 6.07) is 0. The van der Waals surface area contributed by atoms with Gasteiger partial charge in [-0.25, -0.2) is 4.98 Å². The monoisotopic (exact) mass is 186 g/mol. The van der Waals surface area contributed by atoms with Crippen molar-refractivity contribution < 1.29 is 9.21 Å². The highest BCUT2D eigenvalue weighted by Crippen LogP contribution is 2.14. The third-order valence-electron chi connectivity index (χ3n) is 1.32. The van der Waals surface area contributed by atoms with Crippen molar-refractivity contribution in [1.82, 2.24) is 4.98 Å². The molecule has 0 saturated heterocycles. The van der Waals surface area contributed by atoms with Crippen LogP contribution in [0.25, 0.3) is 0 Å². The van der Waals surface area contributed by atoms with Crippen LogP contribution in [0.4, 0.5) is 0 Å². The van der Waals surface area contributed by atoms with Gasteiger partial charge in [0.25, 0.3) is 5.22 Å².